The molecule has 0 saturated heterocycles. The van der Waals surface area contributed by atoms with Crippen LogP contribution in [-0.4, -0.2) is 70.0 Å². The Bertz CT molecular complexity index is 1070. The molecule has 0 fully saturated rings. The molecule has 0 bridgehead atoms. The van der Waals surface area contributed by atoms with E-state index in [0.717, 1.165) is 51.4 Å². The number of allylic oxidation sites excluding steroid dienone is 4. The quantitative estimate of drug-likeness (QED) is 0.0195. The Hall–Kier alpha value is -1.51. The minimum Gasteiger partial charge on any atom is -0.756 e. The van der Waals surface area contributed by atoms with Crippen molar-refractivity contribution >= 4 is 19.8 Å². The molecule has 0 aromatic carbocycles. The van der Waals surface area contributed by atoms with Crippen LogP contribution < -0.4 is 4.89 Å². The van der Waals surface area contributed by atoms with Crippen LogP contribution in [0.1, 0.15) is 232 Å². The van der Waals surface area contributed by atoms with E-state index in [2.05, 4.69) is 38.2 Å². The first-order valence-corrected chi connectivity index (χ1v) is 26.5. The van der Waals surface area contributed by atoms with Gasteiger partial charge in [-0.05, 0) is 57.8 Å². The van der Waals surface area contributed by atoms with E-state index in [1.807, 2.05) is 21.1 Å². The number of phosphoric ester groups is 1. The Labute approximate surface area is 370 Å². The molecule has 0 aliphatic rings. The van der Waals surface area contributed by atoms with Gasteiger partial charge in [0.2, 0.25) is 0 Å². The maximum absolute atomic E-state index is 12.7. The maximum atomic E-state index is 12.7. The molecule has 0 aromatic rings. The lowest BCUT2D eigenvalue weighted by atomic mass is 10.0. The minimum atomic E-state index is -4.63. The SMILES string of the molecule is CCCCCC/C=C/CCCCCCCC(=O)OC[C@H](COP(=O)([O-])OCC[N+](C)(C)C)OC(=O)CCC/C=C/CCCCCCCCCCCCCCCCCCCC. The molecule has 60 heavy (non-hydrogen) atoms. The summed E-state index contributed by atoms with van der Waals surface area (Å²) in [6.45, 7) is 4.20. The first-order chi connectivity index (χ1) is 29.0. The molecule has 0 heterocycles. The highest BCUT2D eigenvalue weighted by atomic mass is 31.2. The minimum absolute atomic E-state index is 0.0351. The highest BCUT2D eigenvalue weighted by molar-refractivity contribution is 7.45. The third-order valence-corrected chi connectivity index (χ3v) is 11.9. The van der Waals surface area contributed by atoms with E-state index in [1.165, 1.54) is 148 Å². The number of rotatable bonds is 46. The highest BCUT2D eigenvalue weighted by Gasteiger charge is 2.21. The predicted octanol–water partition coefficient (Wildman–Crippen LogP) is 14.1. The molecule has 0 saturated carbocycles. The second-order valence-corrected chi connectivity index (χ2v) is 19.6. The molecular formula is C50H96NO8P. The molecule has 9 nitrogen and oxygen atoms in total. The number of carbonyl (C=O) groups excluding carboxylic acids is 2. The normalized spacial score (nSPS) is 13.6. The molecule has 0 N–H and O–H groups in total. The Morgan fingerprint density at radius 2 is 0.867 bits per heavy atom. The molecule has 0 aromatic heterocycles. The number of ether oxygens (including phenoxy) is 2. The van der Waals surface area contributed by atoms with E-state index < -0.39 is 32.5 Å². The summed E-state index contributed by atoms with van der Waals surface area (Å²) in [5, 5.41) is 0. The zero-order valence-corrected chi connectivity index (χ0v) is 40.8. The smallest absolute Gasteiger partial charge is 0.306 e. The summed E-state index contributed by atoms with van der Waals surface area (Å²) in [4.78, 5) is 37.6. The van der Waals surface area contributed by atoms with Crippen molar-refractivity contribution < 1.29 is 42.1 Å². The van der Waals surface area contributed by atoms with Crippen molar-refractivity contribution in [2.24, 2.45) is 0 Å². The Kier molecular flexibility index (Phi) is 41.7. The van der Waals surface area contributed by atoms with Crippen molar-refractivity contribution in [3.63, 3.8) is 0 Å². The second-order valence-electron chi connectivity index (χ2n) is 18.2. The molecule has 0 aliphatic carbocycles. The first-order valence-electron chi connectivity index (χ1n) is 25.0. The summed E-state index contributed by atoms with van der Waals surface area (Å²) >= 11 is 0. The van der Waals surface area contributed by atoms with Crippen molar-refractivity contribution in [1.29, 1.82) is 0 Å². The van der Waals surface area contributed by atoms with Crippen LogP contribution in [0.2, 0.25) is 0 Å². The van der Waals surface area contributed by atoms with Gasteiger partial charge in [0.1, 0.15) is 19.8 Å². The van der Waals surface area contributed by atoms with Gasteiger partial charge in [0.25, 0.3) is 7.82 Å². The third kappa shape index (κ3) is 46.0. The van der Waals surface area contributed by atoms with E-state index in [1.54, 1.807) is 0 Å². The number of quaternary nitrogens is 1. The number of hydrogen-bond donors (Lipinski definition) is 0. The van der Waals surface area contributed by atoms with E-state index in [0.29, 0.717) is 17.4 Å². The monoisotopic (exact) mass is 870 g/mol. The Balaban J connectivity index is 4.24. The van der Waals surface area contributed by atoms with Crippen LogP contribution in [0.4, 0.5) is 0 Å². The number of hydrogen-bond acceptors (Lipinski definition) is 8. The zero-order chi connectivity index (χ0) is 44.3. The lowest BCUT2D eigenvalue weighted by Gasteiger charge is -2.28. The summed E-state index contributed by atoms with van der Waals surface area (Å²) in [5.74, 6) is -0.874. The lowest BCUT2D eigenvalue weighted by molar-refractivity contribution is -0.870. The summed E-state index contributed by atoms with van der Waals surface area (Å²) in [6.07, 6.45) is 48.0. The van der Waals surface area contributed by atoms with Crippen LogP contribution in [0.15, 0.2) is 24.3 Å². The number of likely N-dealkylation sites (N-methyl/N-ethyl adjacent to an activating group) is 1. The van der Waals surface area contributed by atoms with E-state index in [4.69, 9.17) is 18.5 Å². The Morgan fingerprint density at radius 3 is 1.30 bits per heavy atom. The number of unbranched alkanes of at least 4 members (excludes halogenated alkanes) is 28. The topological polar surface area (TPSA) is 111 Å². The van der Waals surface area contributed by atoms with Crippen molar-refractivity contribution in [3.05, 3.63) is 24.3 Å². The van der Waals surface area contributed by atoms with E-state index >= 15 is 0 Å². The van der Waals surface area contributed by atoms with Crippen molar-refractivity contribution in [1.82, 2.24) is 0 Å². The van der Waals surface area contributed by atoms with Crippen LogP contribution >= 0.6 is 7.82 Å². The largest absolute Gasteiger partial charge is 0.756 e. The van der Waals surface area contributed by atoms with Gasteiger partial charge in [-0.3, -0.25) is 14.2 Å². The van der Waals surface area contributed by atoms with Crippen molar-refractivity contribution in [3.8, 4) is 0 Å². The van der Waals surface area contributed by atoms with Crippen molar-refractivity contribution in [2.75, 3.05) is 47.5 Å². The second kappa shape index (κ2) is 42.8. The molecule has 354 valence electrons. The average Bonchev–Trinajstić information content (AvgIpc) is 3.20. The van der Waals surface area contributed by atoms with Crippen LogP contribution in [0.5, 0.6) is 0 Å². The standard InChI is InChI=1S/C50H96NO8P/c1-6-8-10-12-14-16-18-20-21-22-23-24-25-26-27-28-29-31-33-35-37-39-41-43-50(53)59-48(47-58-60(54,55)57-45-44-51(3,4)5)46-56-49(52)42-40-38-36-34-32-30-19-17-15-13-11-9-7-2/h17,19,35,37,48H,6-16,18,20-34,36,38-47H2,1-5H3/b19-17+,37-35+/t48-/m1/s1. The third-order valence-electron chi connectivity index (χ3n) is 10.9. The summed E-state index contributed by atoms with van der Waals surface area (Å²) in [7, 11) is 1.15. The van der Waals surface area contributed by atoms with Gasteiger partial charge in [0, 0.05) is 12.8 Å². The maximum Gasteiger partial charge on any atom is 0.306 e. The number of phosphoric acid groups is 1. The van der Waals surface area contributed by atoms with E-state index in [-0.39, 0.29) is 26.1 Å². The van der Waals surface area contributed by atoms with Gasteiger partial charge in [0.15, 0.2) is 6.10 Å². The van der Waals surface area contributed by atoms with Crippen molar-refractivity contribution in [2.45, 2.75) is 238 Å². The summed E-state index contributed by atoms with van der Waals surface area (Å²) in [5.41, 5.74) is 0. The van der Waals surface area contributed by atoms with Gasteiger partial charge in [-0.25, -0.2) is 0 Å². The number of esters is 2. The van der Waals surface area contributed by atoms with Crippen LogP contribution in [0.3, 0.4) is 0 Å². The number of carbonyl (C=O) groups is 2. The van der Waals surface area contributed by atoms with Crippen LogP contribution in [-0.2, 0) is 32.7 Å². The molecule has 0 amide bonds. The van der Waals surface area contributed by atoms with Gasteiger partial charge >= 0.3 is 11.9 Å². The molecule has 0 rings (SSSR count). The molecule has 0 spiro atoms. The Morgan fingerprint density at radius 1 is 0.500 bits per heavy atom. The van der Waals surface area contributed by atoms with Gasteiger partial charge in [0.05, 0.1) is 27.7 Å². The van der Waals surface area contributed by atoms with Gasteiger partial charge in [-0.1, -0.05) is 186 Å². The fourth-order valence-corrected chi connectivity index (χ4v) is 7.74. The fourth-order valence-electron chi connectivity index (χ4n) is 7.01. The fraction of sp³-hybridized carbons (Fsp3) is 0.880. The molecule has 2 atom stereocenters. The summed E-state index contributed by atoms with van der Waals surface area (Å²) < 4.78 is 33.9. The molecular weight excluding hydrogens is 774 g/mol. The molecule has 0 aliphatic heterocycles. The average molecular weight is 870 g/mol. The van der Waals surface area contributed by atoms with Gasteiger partial charge in [-0.2, -0.15) is 0 Å². The van der Waals surface area contributed by atoms with Crippen LogP contribution in [0.25, 0.3) is 0 Å². The zero-order valence-electron chi connectivity index (χ0n) is 39.9. The van der Waals surface area contributed by atoms with Gasteiger partial charge < -0.3 is 27.9 Å². The number of nitrogens with zero attached hydrogens (tertiary/aromatic N) is 1. The highest BCUT2D eigenvalue weighted by Crippen LogP contribution is 2.38. The predicted molar refractivity (Wildman–Crippen MR) is 250 cm³/mol. The molecule has 0 radical (unpaired) electrons. The van der Waals surface area contributed by atoms with E-state index in [9.17, 15) is 19.0 Å². The van der Waals surface area contributed by atoms with Gasteiger partial charge in [-0.15, -0.1) is 0 Å². The first kappa shape index (κ1) is 58.5. The lowest BCUT2D eigenvalue weighted by Crippen LogP contribution is -2.37. The summed E-state index contributed by atoms with van der Waals surface area (Å²) in [6, 6.07) is 0. The van der Waals surface area contributed by atoms with Crippen LogP contribution in [0, 0.1) is 0 Å². The molecule has 10 heteroatoms. The molecule has 1 unspecified atom stereocenters.